The van der Waals surface area contributed by atoms with E-state index in [0.29, 0.717) is 10.5 Å². The summed E-state index contributed by atoms with van der Waals surface area (Å²) in [6.07, 6.45) is -0.0203. The smallest absolute Gasteiger partial charge is 0.383 e. The van der Waals surface area contributed by atoms with Crippen molar-refractivity contribution < 1.29 is 32.6 Å². The number of imidazole rings is 1. The van der Waals surface area contributed by atoms with Gasteiger partial charge in [0.15, 0.2) is 11.1 Å². The molecule has 136 valence electrons. The molecule has 0 atom stereocenters. The van der Waals surface area contributed by atoms with Gasteiger partial charge in [-0.2, -0.15) is 0 Å². The number of nitrogens with zero attached hydrogens (tertiary/aromatic N) is 3. The van der Waals surface area contributed by atoms with Crippen LogP contribution in [0.4, 0.5) is 8.78 Å². The lowest BCUT2D eigenvalue weighted by atomic mass is 10.3. The summed E-state index contributed by atoms with van der Waals surface area (Å²) in [5.74, 6) is -3.57. The number of carbonyl (C=O) groups is 2. The first kappa shape index (κ1) is 18.2. The molecule has 0 aliphatic heterocycles. The number of fused-ring (bicyclic) bond motifs is 1. The van der Waals surface area contributed by atoms with Gasteiger partial charge in [0.05, 0.1) is 11.1 Å². The minimum Gasteiger partial charge on any atom is -0.839 e. The van der Waals surface area contributed by atoms with Crippen LogP contribution in [0.2, 0.25) is 4.47 Å². The van der Waals surface area contributed by atoms with Crippen LogP contribution in [0.1, 0.15) is 15.4 Å². The first-order valence-corrected chi connectivity index (χ1v) is 8.37. The van der Waals surface area contributed by atoms with Gasteiger partial charge >= 0.3 is 11.8 Å². The van der Waals surface area contributed by atoms with Gasteiger partial charge in [-0.3, -0.25) is 4.79 Å². The molecule has 3 aromatic rings. The van der Waals surface area contributed by atoms with Gasteiger partial charge in [-0.05, 0) is 6.07 Å². The molecule has 0 spiro atoms. The largest absolute Gasteiger partial charge is 0.839 e. The van der Waals surface area contributed by atoms with Crippen molar-refractivity contribution in [3.63, 3.8) is 0 Å². The molecule has 0 aromatic carbocycles. The lowest BCUT2D eigenvalue weighted by molar-refractivity contribution is -0.582. The Hall–Kier alpha value is -2.59. The van der Waals surface area contributed by atoms with Crippen LogP contribution in [0.5, 0.6) is 5.88 Å². The molecule has 0 N–H and O–H groups in total. The number of Topliss-reactive ketones (excluding diaryl/α,β-unsaturated/α-hetero) is 1. The number of alkyl halides is 2. The SMILES string of the molecule is O=C(OCC(F)F)C(=O)c1c([O-])[n+]2ccccc2n1Cc1cnc(Cl)s1. The number of carbonyl (C=O) groups excluding carboxylic acids is 2. The molecule has 0 radical (unpaired) electrons. The number of halogens is 3. The van der Waals surface area contributed by atoms with Crippen molar-refractivity contribution in [2.75, 3.05) is 6.61 Å². The topological polar surface area (TPSA) is 88.4 Å². The second-order valence-corrected chi connectivity index (χ2v) is 6.76. The summed E-state index contributed by atoms with van der Waals surface area (Å²) in [6, 6.07) is 4.80. The van der Waals surface area contributed by atoms with Crippen LogP contribution in [0.15, 0.2) is 30.6 Å². The van der Waals surface area contributed by atoms with Crippen LogP contribution < -0.4 is 9.51 Å². The fourth-order valence-electron chi connectivity index (χ4n) is 2.36. The minimum absolute atomic E-state index is 0.0450. The van der Waals surface area contributed by atoms with Gasteiger partial charge in [-0.25, -0.2) is 27.5 Å². The molecule has 11 heteroatoms. The van der Waals surface area contributed by atoms with Crippen LogP contribution in [0.3, 0.4) is 0 Å². The molecule has 0 saturated heterocycles. The van der Waals surface area contributed by atoms with Gasteiger partial charge < -0.3 is 9.84 Å². The third-order valence-electron chi connectivity index (χ3n) is 3.39. The van der Waals surface area contributed by atoms with Crippen molar-refractivity contribution in [1.29, 1.82) is 0 Å². The number of aromatic nitrogens is 3. The molecule has 3 aromatic heterocycles. The van der Waals surface area contributed by atoms with E-state index in [9.17, 15) is 23.5 Å². The van der Waals surface area contributed by atoms with Gasteiger partial charge in [-0.15, -0.1) is 11.3 Å². The average Bonchev–Trinajstić information content (AvgIpc) is 3.14. The Morgan fingerprint density at radius 2 is 2.19 bits per heavy atom. The number of hydrogen-bond donors (Lipinski definition) is 0. The molecular formula is C15H10ClF2N3O4S. The summed E-state index contributed by atoms with van der Waals surface area (Å²) >= 11 is 6.93. The van der Waals surface area contributed by atoms with Crippen LogP contribution >= 0.6 is 22.9 Å². The number of hydrogen-bond acceptors (Lipinski definition) is 6. The lowest BCUT2D eigenvalue weighted by Gasteiger charge is -2.05. The molecule has 3 heterocycles. The summed E-state index contributed by atoms with van der Waals surface area (Å²) in [5, 5.41) is 12.6. The van der Waals surface area contributed by atoms with Gasteiger partial charge in [0.2, 0.25) is 5.69 Å². The third-order valence-corrected chi connectivity index (χ3v) is 4.49. The van der Waals surface area contributed by atoms with E-state index >= 15 is 0 Å². The fraction of sp³-hybridized carbons (Fsp3) is 0.200. The second-order valence-electron chi connectivity index (χ2n) is 5.07. The highest BCUT2D eigenvalue weighted by atomic mass is 35.5. The normalized spacial score (nSPS) is 11.2. The number of thiazole rings is 1. The number of ether oxygens (including phenoxy) is 1. The van der Waals surface area contributed by atoms with E-state index in [-0.39, 0.29) is 11.0 Å². The Morgan fingerprint density at radius 1 is 1.42 bits per heavy atom. The van der Waals surface area contributed by atoms with Crippen molar-refractivity contribution in [1.82, 2.24) is 9.55 Å². The molecule has 0 bridgehead atoms. The highest BCUT2D eigenvalue weighted by Crippen LogP contribution is 2.23. The minimum atomic E-state index is -2.92. The zero-order valence-electron chi connectivity index (χ0n) is 12.9. The Bertz CT molecular complexity index is 989. The molecule has 7 nitrogen and oxygen atoms in total. The number of rotatable bonds is 6. The summed E-state index contributed by atoms with van der Waals surface area (Å²) < 4.78 is 31.4. The number of pyridine rings is 1. The molecular weight excluding hydrogens is 392 g/mol. The van der Waals surface area contributed by atoms with Crippen molar-refractivity contribution >= 4 is 40.3 Å². The van der Waals surface area contributed by atoms with E-state index < -0.39 is 36.4 Å². The van der Waals surface area contributed by atoms with Crippen LogP contribution in [-0.2, 0) is 16.1 Å². The average molecular weight is 402 g/mol. The fourth-order valence-corrected chi connectivity index (χ4v) is 3.33. The zero-order valence-corrected chi connectivity index (χ0v) is 14.5. The van der Waals surface area contributed by atoms with Gasteiger partial charge in [-0.1, -0.05) is 17.7 Å². The second kappa shape index (κ2) is 7.34. The number of ketones is 1. The third kappa shape index (κ3) is 3.51. The predicted molar refractivity (Wildman–Crippen MR) is 84.6 cm³/mol. The van der Waals surface area contributed by atoms with Crippen LogP contribution in [-0.4, -0.2) is 34.3 Å². The highest BCUT2D eigenvalue weighted by Gasteiger charge is 2.32. The van der Waals surface area contributed by atoms with Crippen LogP contribution in [0, 0.1) is 0 Å². The van der Waals surface area contributed by atoms with E-state index in [2.05, 4.69) is 9.72 Å². The molecule has 0 unspecified atom stereocenters. The van der Waals surface area contributed by atoms with Crippen molar-refractivity contribution in [2.45, 2.75) is 13.0 Å². The zero-order chi connectivity index (χ0) is 18.8. The van der Waals surface area contributed by atoms with E-state index in [1.165, 1.54) is 21.4 Å². The summed E-state index contributed by atoms with van der Waals surface area (Å²) in [6.45, 7) is -1.18. The Morgan fingerprint density at radius 3 is 2.85 bits per heavy atom. The van der Waals surface area contributed by atoms with E-state index in [4.69, 9.17) is 11.6 Å². The maximum Gasteiger partial charge on any atom is 0.383 e. The van der Waals surface area contributed by atoms with Gasteiger partial charge in [0, 0.05) is 12.3 Å². The lowest BCUT2D eigenvalue weighted by Crippen LogP contribution is -2.26. The molecule has 3 rings (SSSR count). The molecule has 0 aliphatic rings. The van der Waals surface area contributed by atoms with Crippen molar-refractivity contribution in [3.05, 3.63) is 45.6 Å². The Balaban J connectivity index is 2.05. The van der Waals surface area contributed by atoms with Gasteiger partial charge in [0.1, 0.15) is 12.4 Å². The van der Waals surface area contributed by atoms with Gasteiger partial charge in [0.25, 0.3) is 12.1 Å². The maximum absolute atomic E-state index is 12.6. The van der Waals surface area contributed by atoms with Crippen molar-refractivity contribution in [3.8, 4) is 5.88 Å². The quantitative estimate of drug-likeness (QED) is 0.270. The maximum atomic E-state index is 12.6. The monoisotopic (exact) mass is 401 g/mol. The first-order chi connectivity index (χ1) is 12.4. The van der Waals surface area contributed by atoms with E-state index in [1.54, 1.807) is 18.2 Å². The standard InChI is InChI=1S/C15H10ClF2N3O4S/c16-15-19-5-8(26-15)6-21-10-3-1-2-4-20(10)13(23)11(21)12(22)14(24)25-7-9(17)18/h1-5,9H,6-7H2. The van der Waals surface area contributed by atoms with E-state index in [0.717, 1.165) is 11.3 Å². The molecule has 0 saturated carbocycles. The molecule has 0 fully saturated rings. The molecule has 26 heavy (non-hydrogen) atoms. The Kier molecular flexibility index (Phi) is 5.14. The number of esters is 1. The summed E-state index contributed by atoms with van der Waals surface area (Å²) in [4.78, 5) is 28.7. The van der Waals surface area contributed by atoms with Crippen LogP contribution in [0.25, 0.3) is 5.65 Å². The summed E-state index contributed by atoms with van der Waals surface area (Å²) in [7, 11) is 0. The van der Waals surface area contributed by atoms with Crippen molar-refractivity contribution in [2.24, 2.45) is 0 Å². The Labute approximate surface area is 154 Å². The summed E-state index contributed by atoms with van der Waals surface area (Å²) in [5.41, 5.74) is -0.146. The predicted octanol–water partition coefficient (Wildman–Crippen LogP) is 1.45. The molecule has 0 aliphatic carbocycles. The molecule has 0 amide bonds. The highest BCUT2D eigenvalue weighted by molar-refractivity contribution is 7.15. The first-order valence-electron chi connectivity index (χ1n) is 7.18. The van der Waals surface area contributed by atoms with E-state index in [1.807, 2.05) is 0 Å².